The van der Waals surface area contributed by atoms with E-state index in [-0.39, 0.29) is 18.5 Å². The second-order valence-corrected chi connectivity index (χ2v) is 5.79. The number of aromatic nitrogens is 2. The van der Waals surface area contributed by atoms with Crippen molar-refractivity contribution >= 4 is 12.0 Å². The van der Waals surface area contributed by atoms with E-state index in [1.54, 1.807) is 24.6 Å². The second-order valence-electron chi connectivity index (χ2n) is 5.79. The highest BCUT2D eigenvalue weighted by Gasteiger charge is 2.32. The Kier molecular flexibility index (Phi) is 7.25. The highest BCUT2D eigenvalue weighted by molar-refractivity contribution is 5.84. The molecule has 2 aromatic rings. The van der Waals surface area contributed by atoms with Crippen LogP contribution in [0.15, 0.2) is 41.5 Å². The maximum Gasteiger partial charge on any atom is 0.330 e. The largest absolute Gasteiger partial charge is 0.467 e. The van der Waals surface area contributed by atoms with Gasteiger partial charge in [-0.1, -0.05) is 26.7 Å². The molecule has 0 aliphatic rings. The van der Waals surface area contributed by atoms with Gasteiger partial charge in [0.15, 0.2) is 0 Å². The number of furan rings is 1. The Morgan fingerprint density at radius 2 is 2.20 bits per heavy atom. The molecule has 0 aliphatic carbocycles. The fraction of sp³-hybridized carbons (Fsp3) is 0.500. The standard InChI is InChI=1S/C18H25N3O4/c1-3-5-11-25-17(22)16(7-4-2)21(13-15-8-6-12-24-15)18(23)20-10-9-19-14-20/h6,8-10,12,14,16H,3-5,7,11,13H2,1-2H3/t16-/m1/s1. The number of amides is 1. The van der Waals surface area contributed by atoms with Gasteiger partial charge in [-0.15, -0.1) is 0 Å². The van der Waals surface area contributed by atoms with E-state index in [0.29, 0.717) is 18.8 Å². The van der Waals surface area contributed by atoms with Crippen molar-refractivity contribution in [3.63, 3.8) is 0 Å². The zero-order chi connectivity index (χ0) is 18.1. The molecule has 136 valence electrons. The molecule has 0 aromatic carbocycles. The first-order chi connectivity index (χ1) is 12.2. The summed E-state index contributed by atoms with van der Waals surface area (Å²) in [6.45, 7) is 4.56. The van der Waals surface area contributed by atoms with Crippen LogP contribution in [0.1, 0.15) is 45.3 Å². The highest BCUT2D eigenvalue weighted by Crippen LogP contribution is 2.16. The molecule has 25 heavy (non-hydrogen) atoms. The molecular formula is C18H25N3O4. The van der Waals surface area contributed by atoms with Crippen molar-refractivity contribution in [2.24, 2.45) is 0 Å². The van der Waals surface area contributed by atoms with E-state index in [4.69, 9.17) is 9.15 Å². The van der Waals surface area contributed by atoms with E-state index in [0.717, 1.165) is 19.3 Å². The van der Waals surface area contributed by atoms with Crippen LogP contribution in [0, 0.1) is 0 Å². The Morgan fingerprint density at radius 1 is 1.36 bits per heavy atom. The van der Waals surface area contributed by atoms with Crippen LogP contribution in [-0.2, 0) is 16.1 Å². The van der Waals surface area contributed by atoms with Gasteiger partial charge >= 0.3 is 12.0 Å². The molecule has 0 radical (unpaired) electrons. The predicted octanol–water partition coefficient (Wildman–Crippen LogP) is 3.46. The van der Waals surface area contributed by atoms with E-state index in [9.17, 15) is 9.59 Å². The molecule has 0 saturated heterocycles. The van der Waals surface area contributed by atoms with Crippen LogP contribution in [0.25, 0.3) is 0 Å². The third-order valence-electron chi connectivity index (χ3n) is 3.83. The van der Waals surface area contributed by atoms with Crippen LogP contribution in [0.4, 0.5) is 4.79 Å². The van der Waals surface area contributed by atoms with Crippen molar-refractivity contribution in [2.45, 2.75) is 52.1 Å². The number of imidazole rings is 1. The van der Waals surface area contributed by atoms with Gasteiger partial charge in [0.2, 0.25) is 0 Å². The van der Waals surface area contributed by atoms with Crippen molar-refractivity contribution in [1.29, 1.82) is 0 Å². The highest BCUT2D eigenvalue weighted by atomic mass is 16.5. The summed E-state index contributed by atoms with van der Waals surface area (Å²) in [5.74, 6) is 0.228. The third-order valence-corrected chi connectivity index (χ3v) is 3.83. The van der Waals surface area contributed by atoms with E-state index in [1.807, 2.05) is 13.8 Å². The molecule has 1 amide bonds. The Hall–Kier alpha value is -2.57. The summed E-state index contributed by atoms with van der Waals surface area (Å²) in [4.78, 5) is 30.9. The van der Waals surface area contributed by atoms with Crippen LogP contribution in [-0.4, -0.2) is 39.1 Å². The molecule has 0 spiro atoms. The smallest absolute Gasteiger partial charge is 0.330 e. The predicted molar refractivity (Wildman–Crippen MR) is 91.8 cm³/mol. The lowest BCUT2D eigenvalue weighted by atomic mass is 10.1. The minimum atomic E-state index is -0.665. The maximum atomic E-state index is 12.9. The SMILES string of the molecule is CCCCOC(=O)[C@@H](CCC)N(Cc1ccco1)C(=O)n1ccnc1. The lowest BCUT2D eigenvalue weighted by Gasteiger charge is -2.29. The van der Waals surface area contributed by atoms with Crippen molar-refractivity contribution in [3.05, 3.63) is 42.9 Å². The van der Waals surface area contributed by atoms with Gasteiger partial charge in [0.1, 0.15) is 18.1 Å². The van der Waals surface area contributed by atoms with Crippen LogP contribution < -0.4 is 0 Å². The van der Waals surface area contributed by atoms with Gasteiger partial charge in [0, 0.05) is 12.4 Å². The zero-order valence-electron chi connectivity index (χ0n) is 14.8. The molecule has 0 unspecified atom stereocenters. The number of carbonyl (C=O) groups excluding carboxylic acids is 2. The number of hydrogen-bond acceptors (Lipinski definition) is 5. The summed E-state index contributed by atoms with van der Waals surface area (Å²) in [6.07, 6.45) is 9.06. The van der Waals surface area contributed by atoms with Crippen LogP contribution in [0.5, 0.6) is 0 Å². The first-order valence-corrected chi connectivity index (χ1v) is 8.65. The summed E-state index contributed by atoms with van der Waals surface area (Å²) < 4.78 is 12.1. The normalized spacial score (nSPS) is 11.9. The number of ether oxygens (including phenoxy) is 1. The van der Waals surface area contributed by atoms with Crippen LogP contribution in [0.2, 0.25) is 0 Å². The molecule has 7 nitrogen and oxygen atoms in total. The monoisotopic (exact) mass is 347 g/mol. The summed E-state index contributed by atoms with van der Waals surface area (Å²) in [7, 11) is 0. The number of hydrogen-bond donors (Lipinski definition) is 0. The van der Waals surface area contributed by atoms with Gasteiger partial charge in [-0.3, -0.25) is 4.57 Å². The number of nitrogens with zero attached hydrogens (tertiary/aromatic N) is 3. The first-order valence-electron chi connectivity index (χ1n) is 8.65. The topological polar surface area (TPSA) is 77.6 Å². The van der Waals surface area contributed by atoms with E-state index >= 15 is 0 Å². The molecule has 1 atom stereocenters. The average molecular weight is 347 g/mol. The third kappa shape index (κ3) is 5.20. The minimum Gasteiger partial charge on any atom is -0.467 e. The van der Waals surface area contributed by atoms with E-state index < -0.39 is 6.04 Å². The number of unbranched alkanes of at least 4 members (excludes halogenated alkanes) is 1. The maximum absolute atomic E-state index is 12.9. The minimum absolute atomic E-state index is 0.192. The van der Waals surface area contributed by atoms with E-state index in [1.165, 1.54) is 22.0 Å². The lowest BCUT2D eigenvalue weighted by Crippen LogP contribution is -2.47. The lowest BCUT2D eigenvalue weighted by molar-refractivity contribution is -0.149. The molecule has 7 heteroatoms. The molecular weight excluding hydrogens is 322 g/mol. The van der Waals surface area contributed by atoms with Gasteiger partial charge in [-0.25, -0.2) is 14.6 Å². The molecule has 0 aliphatic heterocycles. The molecule has 0 N–H and O–H groups in total. The Balaban J connectivity index is 2.22. The van der Waals surface area contributed by atoms with Crippen LogP contribution in [0.3, 0.4) is 0 Å². The Labute approximate surface area is 147 Å². The quantitative estimate of drug-likeness (QED) is 0.513. The van der Waals surface area contributed by atoms with Gasteiger partial charge in [0.25, 0.3) is 0 Å². The summed E-state index contributed by atoms with van der Waals surface area (Å²) in [6, 6.07) is 2.53. The number of rotatable bonds is 9. The summed E-state index contributed by atoms with van der Waals surface area (Å²) in [5.41, 5.74) is 0. The summed E-state index contributed by atoms with van der Waals surface area (Å²) in [5, 5.41) is 0. The van der Waals surface area contributed by atoms with Crippen molar-refractivity contribution in [2.75, 3.05) is 6.61 Å². The van der Waals surface area contributed by atoms with Gasteiger partial charge in [0.05, 0.1) is 19.4 Å². The number of esters is 1. The Bertz CT molecular complexity index is 637. The fourth-order valence-electron chi connectivity index (χ4n) is 2.49. The molecule has 0 saturated carbocycles. The molecule has 0 fully saturated rings. The van der Waals surface area contributed by atoms with Gasteiger partial charge < -0.3 is 14.1 Å². The van der Waals surface area contributed by atoms with Crippen molar-refractivity contribution in [1.82, 2.24) is 14.5 Å². The average Bonchev–Trinajstić information content (AvgIpc) is 3.31. The van der Waals surface area contributed by atoms with Crippen molar-refractivity contribution < 1.29 is 18.7 Å². The first kappa shape index (κ1) is 18.8. The number of carbonyl (C=O) groups is 2. The molecule has 2 heterocycles. The van der Waals surface area contributed by atoms with Gasteiger partial charge in [-0.2, -0.15) is 0 Å². The van der Waals surface area contributed by atoms with E-state index in [2.05, 4.69) is 4.98 Å². The fourth-order valence-corrected chi connectivity index (χ4v) is 2.49. The second kappa shape index (κ2) is 9.66. The molecule has 0 bridgehead atoms. The zero-order valence-corrected chi connectivity index (χ0v) is 14.8. The molecule has 2 rings (SSSR count). The molecule has 2 aromatic heterocycles. The van der Waals surface area contributed by atoms with Gasteiger partial charge in [-0.05, 0) is 25.0 Å². The van der Waals surface area contributed by atoms with Crippen LogP contribution >= 0.6 is 0 Å². The Morgan fingerprint density at radius 3 is 2.80 bits per heavy atom. The summed E-state index contributed by atoms with van der Waals surface area (Å²) >= 11 is 0. The van der Waals surface area contributed by atoms with Crippen molar-refractivity contribution in [3.8, 4) is 0 Å².